The van der Waals surface area contributed by atoms with Crippen LogP contribution in [0.5, 0.6) is 11.6 Å². The smallest absolute Gasteiger partial charge is 0.345 e. The first-order valence-corrected chi connectivity index (χ1v) is 4.69. The molecule has 0 atom stereocenters. The zero-order valence-corrected chi connectivity index (χ0v) is 8.14. The number of hydrogen-bond acceptors (Lipinski definition) is 4. The van der Waals surface area contributed by atoms with E-state index in [0.29, 0.717) is 16.7 Å². The van der Waals surface area contributed by atoms with Gasteiger partial charge in [0, 0.05) is 5.39 Å². The Kier molecular flexibility index (Phi) is 1.73. The van der Waals surface area contributed by atoms with Crippen molar-refractivity contribution < 1.29 is 19.4 Å². The van der Waals surface area contributed by atoms with Gasteiger partial charge in [-0.2, -0.15) is 0 Å². The second-order valence-corrected chi connectivity index (χ2v) is 3.35. The van der Waals surface area contributed by atoms with Gasteiger partial charge >= 0.3 is 5.97 Å². The Hall–Kier alpha value is -2.30. The molecule has 80 valence electrons. The fourth-order valence-electron chi connectivity index (χ4n) is 1.75. The molecular formula is C11H7NO4. The van der Waals surface area contributed by atoms with Crippen LogP contribution in [0.1, 0.15) is 10.4 Å². The topological polar surface area (TPSA) is 68.7 Å². The molecule has 5 heteroatoms. The first-order chi connectivity index (χ1) is 7.77. The minimum atomic E-state index is -1.09. The standard InChI is InChI=1S/C11H7NO4/c13-11(14)8-9-6-3-1-2-4-7(6)12-10(8)16-5-15-9/h1-4H,5H2,(H,13,14). The zero-order valence-electron chi connectivity index (χ0n) is 8.14. The van der Waals surface area contributed by atoms with Crippen LogP contribution < -0.4 is 9.47 Å². The van der Waals surface area contributed by atoms with Crippen LogP contribution in [0, 0.1) is 0 Å². The predicted octanol–water partition coefficient (Wildman–Crippen LogP) is 1.66. The van der Waals surface area contributed by atoms with Gasteiger partial charge in [-0.05, 0) is 12.1 Å². The van der Waals surface area contributed by atoms with E-state index in [1.807, 2.05) is 12.1 Å². The van der Waals surface area contributed by atoms with Crippen LogP contribution in [-0.4, -0.2) is 22.9 Å². The van der Waals surface area contributed by atoms with Crippen LogP contribution in [-0.2, 0) is 0 Å². The van der Waals surface area contributed by atoms with Crippen molar-refractivity contribution in [2.45, 2.75) is 0 Å². The second kappa shape index (κ2) is 3.10. The van der Waals surface area contributed by atoms with Gasteiger partial charge in [0.1, 0.15) is 0 Å². The number of carboxylic acid groups (broad SMARTS) is 1. The number of benzene rings is 1. The van der Waals surface area contributed by atoms with E-state index < -0.39 is 5.97 Å². The number of rotatable bonds is 1. The first-order valence-electron chi connectivity index (χ1n) is 4.69. The van der Waals surface area contributed by atoms with Crippen LogP contribution in [0.25, 0.3) is 10.9 Å². The zero-order chi connectivity index (χ0) is 11.1. The molecule has 0 saturated carbocycles. The van der Waals surface area contributed by atoms with Crippen LogP contribution >= 0.6 is 0 Å². The van der Waals surface area contributed by atoms with E-state index in [0.717, 1.165) is 0 Å². The lowest BCUT2D eigenvalue weighted by molar-refractivity contribution is 0.0622. The lowest BCUT2D eigenvalue weighted by Crippen LogP contribution is -2.18. The number of aromatic carboxylic acids is 1. The number of nitrogens with zero attached hydrogens (tertiary/aromatic N) is 1. The highest BCUT2D eigenvalue weighted by Crippen LogP contribution is 2.37. The molecule has 1 aromatic heterocycles. The van der Waals surface area contributed by atoms with Gasteiger partial charge in [0.2, 0.25) is 12.7 Å². The molecule has 0 amide bonds. The molecule has 0 saturated heterocycles. The molecule has 1 N–H and O–H groups in total. The summed E-state index contributed by atoms with van der Waals surface area (Å²) in [6, 6.07) is 7.20. The predicted molar refractivity (Wildman–Crippen MR) is 54.8 cm³/mol. The Balaban J connectivity index is 2.45. The number of fused-ring (bicyclic) bond motifs is 4. The summed E-state index contributed by atoms with van der Waals surface area (Å²) in [6.45, 7) is -0.000713. The van der Waals surface area contributed by atoms with Gasteiger partial charge in [-0.25, -0.2) is 9.78 Å². The third-order valence-electron chi connectivity index (χ3n) is 2.42. The van der Waals surface area contributed by atoms with Crippen LogP contribution in [0.2, 0.25) is 0 Å². The Labute approximate surface area is 90.2 Å². The summed E-state index contributed by atoms with van der Waals surface area (Å²) in [7, 11) is 0. The fourth-order valence-corrected chi connectivity index (χ4v) is 1.75. The maximum absolute atomic E-state index is 11.1. The van der Waals surface area contributed by atoms with Gasteiger partial charge in [-0.1, -0.05) is 12.1 Å². The van der Waals surface area contributed by atoms with Gasteiger partial charge in [0.05, 0.1) is 5.52 Å². The van der Waals surface area contributed by atoms with E-state index in [1.165, 1.54) is 0 Å². The van der Waals surface area contributed by atoms with E-state index >= 15 is 0 Å². The summed E-state index contributed by atoms with van der Waals surface area (Å²) in [4.78, 5) is 15.2. The first kappa shape index (κ1) is 8.96. The van der Waals surface area contributed by atoms with Gasteiger partial charge < -0.3 is 14.6 Å². The van der Waals surface area contributed by atoms with Crippen LogP contribution in [0.4, 0.5) is 0 Å². The lowest BCUT2D eigenvalue weighted by atomic mass is 10.1. The average Bonchev–Trinajstić information content (AvgIpc) is 2.28. The monoisotopic (exact) mass is 217 g/mol. The number of para-hydroxylation sites is 1. The van der Waals surface area contributed by atoms with Crippen molar-refractivity contribution in [2.75, 3.05) is 6.79 Å². The number of carbonyl (C=O) groups is 1. The molecular weight excluding hydrogens is 210 g/mol. The Morgan fingerprint density at radius 2 is 2.12 bits per heavy atom. The number of pyridine rings is 1. The Morgan fingerprint density at radius 3 is 2.94 bits per heavy atom. The van der Waals surface area contributed by atoms with Crippen molar-refractivity contribution in [2.24, 2.45) is 0 Å². The molecule has 5 nitrogen and oxygen atoms in total. The molecule has 2 aromatic rings. The molecule has 2 heterocycles. The van der Waals surface area contributed by atoms with E-state index in [-0.39, 0.29) is 18.2 Å². The molecule has 16 heavy (non-hydrogen) atoms. The molecule has 2 bridgehead atoms. The normalized spacial score (nSPS) is 13.0. The van der Waals surface area contributed by atoms with E-state index in [4.69, 9.17) is 14.6 Å². The maximum Gasteiger partial charge on any atom is 0.345 e. The molecule has 0 radical (unpaired) electrons. The van der Waals surface area contributed by atoms with Crippen LogP contribution in [0.3, 0.4) is 0 Å². The molecule has 1 aliphatic rings. The van der Waals surface area contributed by atoms with Crippen molar-refractivity contribution in [1.29, 1.82) is 0 Å². The van der Waals surface area contributed by atoms with Crippen molar-refractivity contribution in [1.82, 2.24) is 4.98 Å². The minimum absolute atomic E-state index is 0.000713. The maximum atomic E-state index is 11.1. The molecule has 0 fully saturated rings. The lowest BCUT2D eigenvalue weighted by Gasteiger charge is -2.20. The minimum Gasteiger partial charge on any atom is -0.477 e. The quantitative estimate of drug-likeness (QED) is 0.786. The highest BCUT2D eigenvalue weighted by Gasteiger charge is 2.26. The number of hydrogen-bond donors (Lipinski definition) is 1. The third-order valence-corrected chi connectivity index (χ3v) is 2.42. The third kappa shape index (κ3) is 1.11. The molecule has 0 spiro atoms. The van der Waals surface area contributed by atoms with Crippen molar-refractivity contribution in [3.63, 3.8) is 0 Å². The van der Waals surface area contributed by atoms with Gasteiger partial charge in [0.15, 0.2) is 11.3 Å². The van der Waals surface area contributed by atoms with E-state index in [9.17, 15) is 4.79 Å². The van der Waals surface area contributed by atoms with Crippen molar-refractivity contribution >= 4 is 16.9 Å². The molecule has 1 aliphatic heterocycles. The van der Waals surface area contributed by atoms with E-state index in [1.54, 1.807) is 12.1 Å². The van der Waals surface area contributed by atoms with Crippen molar-refractivity contribution in [3.05, 3.63) is 29.8 Å². The number of carboxylic acids is 1. The summed E-state index contributed by atoms with van der Waals surface area (Å²) in [5.41, 5.74) is 0.655. The van der Waals surface area contributed by atoms with Gasteiger partial charge in [0.25, 0.3) is 0 Å². The Morgan fingerprint density at radius 1 is 1.31 bits per heavy atom. The average molecular weight is 217 g/mol. The van der Waals surface area contributed by atoms with E-state index in [2.05, 4.69) is 4.98 Å². The Bertz CT molecular complexity index is 594. The molecule has 0 aliphatic carbocycles. The number of ether oxygens (including phenoxy) is 2. The summed E-state index contributed by atoms with van der Waals surface area (Å²) in [5.74, 6) is -0.644. The van der Waals surface area contributed by atoms with Gasteiger partial charge in [-0.15, -0.1) is 0 Å². The van der Waals surface area contributed by atoms with Crippen molar-refractivity contribution in [3.8, 4) is 11.6 Å². The SMILES string of the molecule is O=C(O)c1c2nc3ccccc3c1OCO2. The fraction of sp³-hybridized carbons (Fsp3) is 0.0909. The highest BCUT2D eigenvalue weighted by molar-refractivity contribution is 6.01. The summed E-state index contributed by atoms with van der Waals surface area (Å²) in [6.07, 6.45) is 0. The summed E-state index contributed by atoms with van der Waals surface area (Å²) >= 11 is 0. The molecule has 0 unspecified atom stereocenters. The van der Waals surface area contributed by atoms with Gasteiger partial charge in [-0.3, -0.25) is 0 Å². The summed E-state index contributed by atoms with van der Waals surface area (Å²) < 4.78 is 10.3. The molecule has 1 aromatic carbocycles. The summed E-state index contributed by atoms with van der Waals surface area (Å²) in [5, 5.41) is 9.76. The number of aromatic nitrogens is 1. The molecule has 3 rings (SSSR count). The highest BCUT2D eigenvalue weighted by atomic mass is 16.7. The second-order valence-electron chi connectivity index (χ2n) is 3.35. The largest absolute Gasteiger partial charge is 0.477 e. The van der Waals surface area contributed by atoms with Crippen LogP contribution in [0.15, 0.2) is 24.3 Å².